The Labute approximate surface area is 79.7 Å². The molecule has 0 saturated carbocycles. The molecule has 0 fully saturated rings. The largest absolute Gasteiger partial charge is 0.508 e. The van der Waals surface area contributed by atoms with Crippen LogP contribution in [0.2, 0.25) is 0 Å². The van der Waals surface area contributed by atoms with Crippen molar-refractivity contribution in [2.24, 2.45) is 0 Å². The van der Waals surface area contributed by atoms with Crippen LogP contribution in [-0.2, 0) is 6.42 Å². The van der Waals surface area contributed by atoms with Crippen molar-refractivity contribution < 1.29 is 5.11 Å². The van der Waals surface area contributed by atoms with Gasteiger partial charge in [-0.2, -0.15) is 0 Å². The first-order valence-electron chi connectivity index (χ1n) is 4.52. The highest BCUT2D eigenvalue weighted by Gasteiger charge is 1.98. The first kappa shape index (κ1) is 9.85. The van der Waals surface area contributed by atoms with Gasteiger partial charge in [-0.3, -0.25) is 0 Å². The van der Waals surface area contributed by atoms with Crippen molar-refractivity contribution >= 4 is 0 Å². The second-order valence-corrected chi connectivity index (χ2v) is 3.58. The van der Waals surface area contributed by atoms with Gasteiger partial charge in [0.15, 0.2) is 0 Å². The third-order valence-corrected chi connectivity index (χ3v) is 2.11. The molecule has 0 unspecified atom stereocenters. The standard InChI is InChI=1S/C12H16O/c1-9(2)4-6-11-7-5-10(3)12(13)8-11/h5,7-8,13H,1,4,6H2,2-3H3. The van der Waals surface area contributed by atoms with E-state index in [-0.39, 0.29) is 0 Å². The van der Waals surface area contributed by atoms with Gasteiger partial charge in [0.2, 0.25) is 0 Å². The zero-order chi connectivity index (χ0) is 9.84. The molecule has 1 rings (SSSR count). The molecule has 0 aliphatic rings. The molecular weight excluding hydrogens is 160 g/mol. The summed E-state index contributed by atoms with van der Waals surface area (Å²) < 4.78 is 0. The Balaban J connectivity index is 2.68. The Hall–Kier alpha value is -1.24. The summed E-state index contributed by atoms with van der Waals surface area (Å²) in [5.41, 5.74) is 3.28. The minimum absolute atomic E-state index is 0.388. The molecule has 1 aromatic carbocycles. The van der Waals surface area contributed by atoms with E-state index in [1.165, 1.54) is 11.1 Å². The first-order chi connectivity index (χ1) is 6.09. The van der Waals surface area contributed by atoms with Crippen molar-refractivity contribution in [1.29, 1.82) is 0 Å². The molecule has 0 amide bonds. The van der Waals surface area contributed by atoms with Crippen LogP contribution in [0.15, 0.2) is 30.4 Å². The highest BCUT2D eigenvalue weighted by molar-refractivity contribution is 5.35. The molecule has 1 nitrogen and oxygen atoms in total. The molecule has 0 aromatic heterocycles. The van der Waals surface area contributed by atoms with Crippen molar-refractivity contribution in [3.05, 3.63) is 41.5 Å². The van der Waals surface area contributed by atoms with E-state index in [1.807, 2.05) is 26.0 Å². The van der Waals surface area contributed by atoms with Crippen molar-refractivity contribution in [2.75, 3.05) is 0 Å². The normalized spacial score (nSPS) is 10.0. The van der Waals surface area contributed by atoms with Crippen LogP contribution in [0.25, 0.3) is 0 Å². The molecule has 0 saturated heterocycles. The summed E-state index contributed by atoms with van der Waals surface area (Å²) in [5, 5.41) is 9.44. The van der Waals surface area contributed by atoms with Crippen LogP contribution in [-0.4, -0.2) is 5.11 Å². The second-order valence-electron chi connectivity index (χ2n) is 3.58. The van der Waals surface area contributed by atoms with Crippen LogP contribution in [0.5, 0.6) is 5.75 Å². The Morgan fingerprint density at radius 2 is 2.15 bits per heavy atom. The first-order valence-corrected chi connectivity index (χ1v) is 4.52. The lowest BCUT2D eigenvalue weighted by Crippen LogP contribution is -1.86. The number of hydrogen-bond acceptors (Lipinski definition) is 1. The smallest absolute Gasteiger partial charge is 0.118 e. The Bertz CT molecular complexity index is 313. The van der Waals surface area contributed by atoms with Crippen molar-refractivity contribution in [1.82, 2.24) is 0 Å². The van der Waals surface area contributed by atoms with Gasteiger partial charge in [0, 0.05) is 0 Å². The molecule has 0 atom stereocenters. The molecule has 0 aliphatic heterocycles. The van der Waals surface area contributed by atoms with E-state index in [4.69, 9.17) is 0 Å². The number of benzene rings is 1. The van der Waals surface area contributed by atoms with Gasteiger partial charge in [-0.15, -0.1) is 6.58 Å². The predicted molar refractivity (Wildman–Crippen MR) is 56.0 cm³/mol. The predicted octanol–water partition coefficient (Wildman–Crippen LogP) is 3.21. The van der Waals surface area contributed by atoms with E-state index in [0.717, 1.165) is 18.4 Å². The monoisotopic (exact) mass is 176 g/mol. The SMILES string of the molecule is C=C(C)CCc1ccc(C)c(O)c1. The van der Waals surface area contributed by atoms with E-state index in [9.17, 15) is 5.11 Å². The third-order valence-electron chi connectivity index (χ3n) is 2.11. The third kappa shape index (κ3) is 2.94. The van der Waals surface area contributed by atoms with E-state index in [2.05, 4.69) is 12.6 Å². The maximum absolute atomic E-state index is 9.44. The summed E-state index contributed by atoms with van der Waals surface area (Å²) in [7, 11) is 0. The van der Waals surface area contributed by atoms with E-state index in [1.54, 1.807) is 0 Å². The van der Waals surface area contributed by atoms with Gasteiger partial charge in [-0.25, -0.2) is 0 Å². The number of allylic oxidation sites excluding steroid dienone is 1. The summed E-state index contributed by atoms with van der Waals surface area (Å²) in [6.45, 7) is 7.77. The number of phenolic OH excluding ortho intramolecular Hbond substituents is 1. The van der Waals surface area contributed by atoms with Crippen LogP contribution in [0, 0.1) is 6.92 Å². The highest BCUT2D eigenvalue weighted by atomic mass is 16.3. The van der Waals surface area contributed by atoms with E-state index < -0.39 is 0 Å². The van der Waals surface area contributed by atoms with Gasteiger partial charge in [0.25, 0.3) is 0 Å². The number of rotatable bonds is 3. The molecule has 0 spiro atoms. The van der Waals surface area contributed by atoms with Crippen LogP contribution in [0.3, 0.4) is 0 Å². The number of hydrogen-bond donors (Lipinski definition) is 1. The summed E-state index contributed by atoms with van der Waals surface area (Å²) >= 11 is 0. The zero-order valence-corrected chi connectivity index (χ0v) is 8.30. The molecule has 0 bridgehead atoms. The van der Waals surface area contributed by atoms with Gasteiger partial charge in [-0.05, 0) is 43.9 Å². The average Bonchev–Trinajstić information content (AvgIpc) is 2.07. The lowest BCUT2D eigenvalue weighted by Gasteiger charge is -2.03. The number of aryl methyl sites for hydroxylation is 2. The Morgan fingerprint density at radius 1 is 1.46 bits per heavy atom. The number of aromatic hydroxyl groups is 1. The van der Waals surface area contributed by atoms with Crippen molar-refractivity contribution in [3.63, 3.8) is 0 Å². The Kier molecular flexibility index (Phi) is 3.13. The van der Waals surface area contributed by atoms with Gasteiger partial charge in [0.1, 0.15) is 5.75 Å². The zero-order valence-electron chi connectivity index (χ0n) is 8.30. The molecule has 1 heteroatoms. The maximum atomic E-state index is 9.44. The van der Waals surface area contributed by atoms with Crippen molar-refractivity contribution in [2.45, 2.75) is 26.7 Å². The minimum Gasteiger partial charge on any atom is -0.508 e. The van der Waals surface area contributed by atoms with Gasteiger partial charge < -0.3 is 5.11 Å². The van der Waals surface area contributed by atoms with Crippen LogP contribution in [0.4, 0.5) is 0 Å². The maximum Gasteiger partial charge on any atom is 0.118 e. The summed E-state index contributed by atoms with van der Waals surface area (Å²) in [6.07, 6.45) is 1.95. The summed E-state index contributed by atoms with van der Waals surface area (Å²) in [4.78, 5) is 0. The summed E-state index contributed by atoms with van der Waals surface area (Å²) in [6, 6.07) is 5.83. The molecule has 0 radical (unpaired) electrons. The second kappa shape index (κ2) is 4.13. The quantitative estimate of drug-likeness (QED) is 0.701. The Morgan fingerprint density at radius 3 is 2.69 bits per heavy atom. The molecule has 70 valence electrons. The van der Waals surface area contributed by atoms with E-state index >= 15 is 0 Å². The molecule has 13 heavy (non-hydrogen) atoms. The molecule has 0 heterocycles. The lowest BCUT2D eigenvalue weighted by molar-refractivity contribution is 0.470. The van der Waals surface area contributed by atoms with E-state index in [0.29, 0.717) is 5.75 Å². The number of phenols is 1. The fourth-order valence-corrected chi connectivity index (χ4v) is 1.17. The molecule has 1 N–H and O–H groups in total. The molecular formula is C12H16O. The van der Waals surface area contributed by atoms with Gasteiger partial charge in [0.05, 0.1) is 0 Å². The lowest BCUT2D eigenvalue weighted by atomic mass is 10.0. The molecule has 0 aliphatic carbocycles. The van der Waals surface area contributed by atoms with Crippen LogP contribution >= 0.6 is 0 Å². The van der Waals surface area contributed by atoms with Crippen LogP contribution in [0.1, 0.15) is 24.5 Å². The topological polar surface area (TPSA) is 20.2 Å². The average molecular weight is 176 g/mol. The fourth-order valence-electron chi connectivity index (χ4n) is 1.17. The van der Waals surface area contributed by atoms with Gasteiger partial charge >= 0.3 is 0 Å². The highest BCUT2D eigenvalue weighted by Crippen LogP contribution is 2.18. The van der Waals surface area contributed by atoms with Gasteiger partial charge in [-0.1, -0.05) is 17.7 Å². The summed E-state index contributed by atoms with van der Waals surface area (Å²) in [5.74, 6) is 0.388. The molecule has 1 aromatic rings. The fraction of sp³-hybridized carbons (Fsp3) is 0.333. The van der Waals surface area contributed by atoms with Crippen molar-refractivity contribution in [3.8, 4) is 5.75 Å². The minimum atomic E-state index is 0.388. The van der Waals surface area contributed by atoms with Crippen LogP contribution < -0.4 is 0 Å².